The lowest BCUT2D eigenvalue weighted by Crippen LogP contribution is -2.61. The number of carboxylic acid groups (broad SMARTS) is 1. The van der Waals surface area contributed by atoms with Crippen LogP contribution in [0.15, 0.2) is 54.6 Å². The number of fused-ring (bicyclic) bond motifs is 1. The third-order valence-electron chi connectivity index (χ3n) is 4.97. The molecule has 0 unspecified atom stereocenters. The summed E-state index contributed by atoms with van der Waals surface area (Å²) in [6.07, 6.45) is -0.871. The van der Waals surface area contributed by atoms with Crippen LogP contribution in [-0.4, -0.2) is 64.0 Å². The number of nitrogens with zero attached hydrogens (tertiary/aromatic N) is 2. The van der Waals surface area contributed by atoms with Gasteiger partial charge in [0.15, 0.2) is 6.04 Å². The Bertz CT molecular complexity index is 1040. The fourth-order valence-electron chi connectivity index (χ4n) is 3.45. The number of esters is 1. The van der Waals surface area contributed by atoms with Gasteiger partial charge < -0.3 is 15.6 Å². The van der Waals surface area contributed by atoms with Crippen LogP contribution in [0, 0.1) is 0 Å². The minimum absolute atomic E-state index is 0.0467. The molecule has 3 amide bonds. The summed E-state index contributed by atoms with van der Waals surface area (Å²) in [6.45, 7) is 0. The van der Waals surface area contributed by atoms with Crippen LogP contribution >= 0.6 is 0 Å². The van der Waals surface area contributed by atoms with E-state index in [1.54, 1.807) is 42.5 Å². The molecule has 0 aromatic heterocycles. The van der Waals surface area contributed by atoms with E-state index in [2.05, 4.69) is 0 Å². The number of aliphatic carboxylic acids is 1. The van der Waals surface area contributed by atoms with E-state index in [0.29, 0.717) is 15.6 Å². The van der Waals surface area contributed by atoms with Gasteiger partial charge in [-0.15, -0.1) is 0 Å². The number of ether oxygens (including phenoxy) is 1. The second kappa shape index (κ2) is 9.40. The summed E-state index contributed by atoms with van der Waals surface area (Å²) in [6, 6.07) is 11.5. The average molecular weight is 439 g/mol. The van der Waals surface area contributed by atoms with Crippen molar-refractivity contribution < 1.29 is 33.8 Å². The summed E-state index contributed by atoms with van der Waals surface area (Å²) in [5.41, 5.74) is 6.49. The maximum Gasteiger partial charge on any atom is 0.331 e. The zero-order valence-electron chi connectivity index (χ0n) is 17.1. The third-order valence-corrected chi connectivity index (χ3v) is 4.97. The maximum absolute atomic E-state index is 13.2. The smallest absolute Gasteiger partial charge is 0.331 e. The number of nitrogens with two attached hydrogens (primary N) is 1. The van der Waals surface area contributed by atoms with Crippen LogP contribution < -0.4 is 5.73 Å². The number of benzene rings is 2. The largest absolute Gasteiger partial charge is 0.481 e. The number of hydrogen-bond acceptors (Lipinski definition) is 7. The second-order valence-corrected chi connectivity index (χ2v) is 7.08. The first-order chi connectivity index (χ1) is 15.3. The van der Waals surface area contributed by atoms with Gasteiger partial charge in [0.05, 0.1) is 30.7 Å². The molecule has 10 nitrogen and oxygen atoms in total. The fourth-order valence-corrected chi connectivity index (χ4v) is 3.45. The Morgan fingerprint density at radius 3 is 2.03 bits per heavy atom. The van der Waals surface area contributed by atoms with Gasteiger partial charge in [0.2, 0.25) is 0 Å². The van der Waals surface area contributed by atoms with Gasteiger partial charge >= 0.3 is 11.9 Å². The van der Waals surface area contributed by atoms with Crippen molar-refractivity contribution in [3.05, 3.63) is 71.3 Å². The van der Waals surface area contributed by atoms with Crippen molar-refractivity contribution in [3.63, 3.8) is 0 Å². The van der Waals surface area contributed by atoms with Crippen LogP contribution in [0.2, 0.25) is 0 Å². The van der Waals surface area contributed by atoms with Gasteiger partial charge in [-0.25, -0.2) is 9.80 Å². The monoisotopic (exact) mass is 439 g/mol. The summed E-state index contributed by atoms with van der Waals surface area (Å²) in [5.74, 6) is -4.99. The zero-order chi connectivity index (χ0) is 23.4. The Morgan fingerprint density at radius 1 is 1.00 bits per heavy atom. The molecule has 3 rings (SSSR count). The molecule has 0 radical (unpaired) electrons. The van der Waals surface area contributed by atoms with Crippen molar-refractivity contribution in [1.82, 2.24) is 10.0 Å². The molecule has 0 spiro atoms. The van der Waals surface area contributed by atoms with E-state index in [4.69, 9.17) is 15.6 Å². The van der Waals surface area contributed by atoms with Crippen molar-refractivity contribution in [2.24, 2.45) is 5.73 Å². The first-order valence-corrected chi connectivity index (χ1v) is 9.66. The van der Waals surface area contributed by atoms with Crippen LogP contribution in [0.5, 0.6) is 0 Å². The molecule has 2 aromatic carbocycles. The highest BCUT2D eigenvalue weighted by Crippen LogP contribution is 2.27. The minimum atomic E-state index is -1.61. The molecular weight excluding hydrogens is 418 g/mol. The van der Waals surface area contributed by atoms with Crippen molar-refractivity contribution >= 4 is 29.7 Å². The lowest BCUT2D eigenvalue weighted by Gasteiger charge is -2.36. The molecule has 0 saturated carbocycles. The number of carboxylic acids is 1. The van der Waals surface area contributed by atoms with E-state index in [9.17, 15) is 24.0 Å². The SMILES string of the molecule is COC(=O)[C@H](Cc1ccccc1)N(C(=O)[C@@H](N)CC(=O)O)N1C(=O)c2ccccc2C1=O. The van der Waals surface area contributed by atoms with Gasteiger partial charge in [0, 0.05) is 6.42 Å². The highest BCUT2D eigenvalue weighted by molar-refractivity contribution is 6.22. The third kappa shape index (κ3) is 4.35. The van der Waals surface area contributed by atoms with Crippen LogP contribution in [0.4, 0.5) is 0 Å². The highest BCUT2D eigenvalue weighted by atomic mass is 16.5. The number of imide groups is 1. The fraction of sp³-hybridized carbons (Fsp3) is 0.227. The van der Waals surface area contributed by atoms with Gasteiger partial charge in [0.25, 0.3) is 17.7 Å². The standard InChI is InChI=1S/C22H21N3O7/c1-32-22(31)17(11-13-7-3-2-4-8-13)24(21(30)16(23)12-18(26)27)25-19(28)14-9-5-6-10-15(14)20(25)29/h2-10,16-17H,11-12,23H2,1H3,(H,26,27)/t16-,17-/m0/s1. The Labute approximate surface area is 183 Å². The van der Waals surface area contributed by atoms with Crippen molar-refractivity contribution in [1.29, 1.82) is 0 Å². The number of carbonyl (C=O) groups is 5. The Kier molecular flexibility index (Phi) is 6.64. The van der Waals surface area contributed by atoms with Gasteiger partial charge in [0.1, 0.15) is 0 Å². The molecule has 2 atom stereocenters. The van der Waals surface area contributed by atoms with E-state index in [-0.39, 0.29) is 17.5 Å². The summed E-state index contributed by atoms with van der Waals surface area (Å²) in [7, 11) is 1.10. The predicted octanol–water partition coefficient (Wildman–Crippen LogP) is 0.613. The van der Waals surface area contributed by atoms with Crippen LogP contribution in [0.25, 0.3) is 0 Å². The van der Waals surface area contributed by atoms with E-state index >= 15 is 0 Å². The normalized spacial score (nSPS) is 14.5. The Morgan fingerprint density at radius 2 is 1.53 bits per heavy atom. The molecule has 166 valence electrons. The molecule has 32 heavy (non-hydrogen) atoms. The van der Waals surface area contributed by atoms with Crippen LogP contribution in [0.3, 0.4) is 0 Å². The molecule has 1 heterocycles. The number of methoxy groups -OCH3 is 1. The molecule has 0 fully saturated rings. The maximum atomic E-state index is 13.2. The molecule has 1 aliphatic rings. The van der Waals surface area contributed by atoms with Gasteiger partial charge in [-0.2, -0.15) is 5.01 Å². The summed E-state index contributed by atoms with van der Waals surface area (Å²) in [5, 5.41) is 10.2. The zero-order valence-corrected chi connectivity index (χ0v) is 17.1. The second-order valence-electron chi connectivity index (χ2n) is 7.08. The molecular formula is C22H21N3O7. The van der Waals surface area contributed by atoms with Crippen LogP contribution in [0.1, 0.15) is 32.7 Å². The van der Waals surface area contributed by atoms with E-state index in [1.807, 2.05) is 0 Å². The number of carbonyl (C=O) groups excluding carboxylic acids is 4. The summed E-state index contributed by atoms with van der Waals surface area (Å²) < 4.78 is 4.84. The molecule has 0 aliphatic carbocycles. The predicted molar refractivity (Wildman–Crippen MR) is 110 cm³/mol. The first-order valence-electron chi connectivity index (χ1n) is 9.66. The number of rotatable bonds is 8. The topological polar surface area (TPSA) is 147 Å². The molecule has 2 aromatic rings. The summed E-state index contributed by atoms with van der Waals surface area (Å²) in [4.78, 5) is 63.2. The number of hydrogen-bond donors (Lipinski definition) is 2. The van der Waals surface area contributed by atoms with Gasteiger partial charge in [-0.05, 0) is 17.7 Å². The lowest BCUT2D eigenvalue weighted by atomic mass is 10.0. The Balaban J connectivity index is 2.09. The van der Waals surface area contributed by atoms with Crippen molar-refractivity contribution in [2.75, 3.05) is 7.11 Å². The molecule has 10 heteroatoms. The minimum Gasteiger partial charge on any atom is -0.481 e. The highest BCUT2D eigenvalue weighted by Gasteiger charge is 2.47. The molecule has 3 N–H and O–H groups in total. The number of amides is 3. The van der Waals surface area contributed by atoms with Gasteiger partial charge in [-0.3, -0.25) is 19.2 Å². The van der Waals surface area contributed by atoms with E-state index in [0.717, 1.165) is 7.11 Å². The van der Waals surface area contributed by atoms with E-state index in [1.165, 1.54) is 12.1 Å². The van der Waals surface area contributed by atoms with Crippen molar-refractivity contribution in [2.45, 2.75) is 24.9 Å². The van der Waals surface area contributed by atoms with Gasteiger partial charge in [-0.1, -0.05) is 42.5 Å². The van der Waals surface area contributed by atoms with E-state index < -0.39 is 48.2 Å². The quantitative estimate of drug-likeness (QED) is 0.449. The molecule has 0 bridgehead atoms. The molecule has 0 saturated heterocycles. The first kappa shape index (κ1) is 22.6. The lowest BCUT2D eigenvalue weighted by molar-refractivity contribution is -0.163. The average Bonchev–Trinajstić information content (AvgIpc) is 3.03. The molecule has 1 aliphatic heterocycles. The number of hydrazine groups is 1. The summed E-state index contributed by atoms with van der Waals surface area (Å²) >= 11 is 0. The van der Waals surface area contributed by atoms with Crippen LogP contribution in [-0.2, 0) is 25.5 Å². The van der Waals surface area contributed by atoms with Crippen molar-refractivity contribution in [3.8, 4) is 0 Å². The Hall–Kier alpha value is -4.05.